The Balaban J connectivity index is 1.15. The predicted octanol–water partition coefficient (Wildman–Crippen LogP) is 12.8. The van der Waals surface area contributed by atoms with Gasteiger partial charge in [-0.2, -0.15) is 0 Å². The van der Waals surface area contributed by atoms with Gasteiger partial charge in [0.25, 0.3) is 0 Å². The fourth-order valence-electron chi connectivity index (χ4n) is 8.94. The van der Waals surface area contributed by atoms with Gasteiger partial charge in [-0.05, 0) is 146 Å². The average molecular weight is 656 g/mol. The Bertz CT molecular complexity index is 2700. The van der Waals surface area contributed by atoms with Gasteiger partial charge in [0.1, 0.15) is 6.29 Å². The van der Waals surface area contributed by atoms with E-state index in [0.717, 1.165) is 50.4 Å². The van der Waals surface area contributed by atoms with E-state index in [2.05, 4.69) is 144 Å². The van der Waals surface area contributed by atoms with Crippen LogP contribution in [-0.2, 0) is 11.2 Å². The van der Waals surface area contributed by atoms with E-state index in [0.29, 0.717) is 0 Å². The largest absolute Gasteiger partial charge is 0.313 e. The Morgan fingerprint density at radius 3 is 1.96 bits per heavy atom. The third-order valence-electron chi connectivity index (χ3n) is 11.3. The lowest BCUT2D eigenvalue weighted by Gasteiger charge is -2.22. The third-order valence-corrected chi connectivity index (χ3v) is 11.3. The number of hydrogen-bond acceptors (Lipinski definition) is 1. The second kappa shape index (κ2) is 12.1. The molecule has 0 amide bonds. The number of carbonyl (C=O) groups is 1. The molecule has 0 atom stereocenters. The molecular weight excluding hydrogens is 619 g/mol. The minimum absolute atomic E-state index is 0.808. The van der Waals surface area contributed by atoms with Crippen molar-refractivity contribution in [2.45, 2.75) is 38.5 Å². The summed E-state index contributed by atoms with van der Waals surface area (Å²) in [5.41, 5.74) is 14.0. The zero-order chi connectivity index (χ0) is 33.9. The molecule has 0 radical (unpaired) electrons. The predicted molar refractivity (Wildman–Crippen MR) is 216 cm³/mol. The van der Waals surface area contributed by atoms with Crippen molar-refractivity contribution in [1.82, 2.24) is 4.57 Å². The summed E-state index contributed by atoms with van der Waals surface area (Å²) >= 11 is 0. The lowest BCUT2D eigenvalue weighted by Crippen LogP contribution is -2.06. The second-order valence-electron chi connectivity index (χ2n) is 14.2. The fraction of sp³-hybridized carbons (Fsp3) is 0.122. The molecule has 0 saturated heterocycles. The van der Waals surface area contributed by atoms with Crippen molar-refractivity contribution in [3.8, 4) is 22.3 Å². The van der Waals surface area contributed by atoms with E-state index in [9.17, 15) is 4.79 Å². The Kier molecular flexibility index (Phi) is 7.09. The summed E-state index contributed by atoms with van der Waals surface area (Å²) in [5, 5.41) is 9.00. The van der Waals surface area contributed by atoms with Gasteiger partial charge in [-0.3, -0.25) is 4.79 Å². The van der Waals surface area contributed by atoms with Crippen LogP contribution in [0.4, 0.5) is 0 Å². The number of rotatable bonds is 5. The first-order valence-corrected chi connectivity index (χ1v) is 18.3. The molecule has 0 spiro atoms. The molecule has 0 N–H and O–H groups in total. The number of carbonyl (C=O) groups excluding carboxylic acids is 1. The molecule has 2 heteroatoms. The number of hydrogen-bond donors (Lipinski definition) is 0. The highest BCUT2D eigenvalue weighted by Gasteiger charge is 2.23. The zero-order valence-corrected chi connectivity index (χ0v) is 28.5. The highest BCUT2D eigenvalue weighted by Crippen LogP contribution is 2.46. The van der Waals surface area contributed by atoms with Gasteiger partial charge in [-0.15, -0.1) is 0 Å². The molecule has 0 unspecified atom stereocenters. The molecule has 0 aliphatic heterocycles. The molecule has 3 aliphatic rings. The normalized spacial score (nSPS) is 15.8. The number of aldehydes is 1. The minimum atomic E-state index is 0.808. The summed E-state index contributed by atoms with van der Waals surface area (Å²) in [6.45, 7) is 0. The number of aromatic nitrogens is 1. The Hall–Kier alpha value is -5.99. The Morgan fingerprint density at radius 1 is 0.569 bits per heavy atom. The third kappa shape index (κ3) is 4.89. The molecular formula is C49H37NO. The molecule has 7 aromatic rings. The maximum absolute atomic E-state index is 11.5. The van der Waals surface area contributed by atoms with Gasteiger partial charge in [0.2, 0.25) is 0 Å². The number of nitrogens with zero attached hydrogens (tertiary/aromatic N) is 1. The zero-order valence-electron chi connectivity index (χ0n) is 28.5. The molecule has 6 aromatic carbocycles. The maximum Gasteiger partial charge on any atom is 0.149 e. The lowest BCUT2D eigenvalue weighted by atomic mass is 9.85. The van der Waals surface area contributed by atoms with Crippen LogP contribution in [0.5, 0.6) is 0 Å². The lowest BCUT2D eigenvalue weighted by molar-refractivity contribution is -0.104. The summed E-state index contributed by atoms with van der Waals surface area (Å²) in [5.74, 6) is 0. The molecule has 1 aromatic heterocycles. The summed E-state index contributed by atoms with van der Waals surface area (Å²) in [6, 6.07) is 40.6. The number of fused-ring (bicyclic) bond motifs is 6. The van der Waals surface area contributed by atoms with Crippen LogP contribution < -0.4 is 0 Å². The van der Waals surface area contributed by atoms with E-state index in [1.165, 1.54) is 93.6 Å². The Morgan fingerprint density at radius 2 is 1.25 bits per heavy atom. The van der Waals surface area contributed by atoms with E-state index in [1.807, 2.05) is 6.08 Å². The first-order chi connectivity index (χ1) is 25.2. The van der Waals surface area contributed by atoms with E-state index in [-0.39, 0.29) is 0 Å². The quantitative estimate of drug-likeness (QED) is 0.134. The van der Waals surface area contributed by atoms with Gasteiger partial charge in [0, 0.05) is 22.4 Å². The van der Waals surface area contributed by atoms with Crippen molar-refractivity contribution in [2.75, 3.05) is 0 Å². The molecule has 0 saturated carbocycles. The van der Waals surface area contributed by atoms with Crippen LogP contribution in [0.3, 0.4) is 0 Å². The first-order valence-electron chi connectivity index (χ1n) is 18.3. The van der Waals surface area contributed by atoms with Crippen LogP contribution in [-0.4, -0.2) is 10.9 Å². The van der Waals surface area contributed by atoms with Crippen LogP contribution in [0, 0.1) is 0 Å². The monoisotopic (exact) mass is 655 g/mol. The van der Waals surface area contributed by atoms with Crippen LogP contribution in [0.15, 0.2) is 156 Å². The molecule has 10 rings (SSSR count). The molecule has 0 bridgehead atoms. The van der Waals surface area contributed by atoms with Crippen molar-refractivity contribution in [2.24, 2.45) is 0 Å². The second-order valence-corrected chi connectivity index (χ2v) is 14.2. The van der Waals surface area contributed by atoms with Gasteiger partial charge in [-0.25, -0.2) is 0 Å². The summed E-state index contributed by atoms with van der Waals surface area (Å²) < 4.78 is 2.52. The number of aryl methyl sites for hydroxylation is 1. The molecule has 1 heterocycles. The maximum atomic E-state index is 11.5. The molecule has 2 nitrogen and oxygen atoms in total. The van der Waals surface area contributed by atoms with Crippen molar-refractivity contribution >= 4 is 61.3 Å². The highest BCUT2D eigenvalue weighted by atomic mass is 16.1. The average Bonchev–Trinajstić information content (AvgIpc) is 3.53. The van der Waals surface area contributed by atoms with Crippen molar-refractivity contribution in [3.63, 3.8) is 0 Å². The van der Waals surface area contributed by atoms with E-state index < -0.39 is 0 Å². The van der Waals surface area contributed by atoms with Gasteiger partial charge in [0.05, 0.1) is 5.52 Å². The van der Waals surface area contributed by atoms with Crippen LogP contribution in [0.1, 0.15) is 43.4 Å². The topological polar surface area (TPSA) is 22.0 Å². The fourth-order valence-corrected chi connectivity index (χ4v) is 8.94. The standard InChI is InChI=1S/C49H37NO/c51-31-32-10-9-13-35(28-32)34-22-25-39(26-23-34)50-46-19-8-7-14-40(46)45-30-38(24-27-47(45)50)49-43-17-5-3-15-41(43)48(42-16-4-6-18-44(42)49)37-21-20-33-11-1-2-12-36(33)29-37/h1-6,8,10-12,15-22,24-25,27-31H,7,9,13-14,23,26H2. The van der Waals surface area contributed by atoms with E-state index in [4.69, 9.17) is 0 Å². The smallest absolute Gasteiger partial charge is 0.149 e. The molecule has 244 valence electrons. The van der Waals surface area contributed by atoms with Crippen molar-refractivity contribution in [3.05, 3.63) is 168 Å². The SMILES string of the molecule is O=CC1=CCCC(C2=CC=C(n3c4c(c5cc(-c6c7ccccc7c(-c7ccc8ccccc8c7)c7ccccc67)ccc53)CCC=C4)CC2)=C1. The van der Waals surface area contributed by atoms with Crippen LogP contribution in [0.2, 0.25) is 0 Å². The van der Waals surface area contributed by atoms with Crippen molar-refractivity contribution < 1.29 is 4.79 Å². The van der Waals surface area contributed by atoms with Crippen molar-refractivity contribution in [1.29, 1.82) is 0 Å². The van der Waals surface area contributed by atoms with Gasteiger partial charge >= 0.3 is 0 Å². The number of allylic oxidation sites excluding steroid dienone is 9. The van der Waals surface area contributed by atoms with Gasteiger partial charge in [-0.1, -0.05) is 109 Å². The molecule has 3 aliphatic carbocycles. The van der Waals surface area contributed by atoms with Crippen LogP contribution >= 0.6 is 0 Å². The Labute approximate surface area is 298 Å². The summed E-state index contributed by atoms with van der Waals surface area (Å²) in [6.07, 6.45) is 20.4. The highest BCUT2D eigenvalue weighted by molar-refractivity contribution is 6.22. The van der Waals surface area contributed by atoms with Crippen LogP contribution in [0.25, 0.3) is 77.2 Å². The molecule has 51 heavy (non-hydrogen) atoms. The number of benzene rings is 6. The van der Waals surface area contributed by atoms with Gasteiger partial charge < -0.3 is 4.57 Å². The molecule has 0 fully saturated rings. The van der Waals surface area contributed by atoms with E-state index >= 15 is 0 Å². The summed E-state index contributed by atoms with van der Waals surface area (Å²) in [7, 11) is 0. The summed E-state index contributed by atoms with van der Waals surface area (Å²) in [4.78, 5) is 11.5. The first kappa shape index (κ1) is 29.9. The van der Waals surface area contributed by atoms with E-state index in [1.54, 1.807) is 0 Å². The minimum Gasteiger partial charge on any atom is -0.313 e. The van der Waals surface area contributed by atoms with Gasteiger partial charge in [0.15, 0.2) is 0 Å².